The number of carbonyl (C=O) groups excluding carboxylic acids is 1. The number of aryl methyl sites for hydroxylation is 4. The molecule has 0 saturated heterocycles. The lowest BCUT2D eigenvalue weighted by Crippen LogP contribution is -2.28. The molecule has 1 atom stereocenters. The fraction of sp³-hybridized carbons (Fsp3) is 0.321. The Morgan fingerprint density at radius 1 is 0.912 bits per heavy atom. The van der Waals surface area contributed by atoms with E-state index in [-0.39, 0.29) is 16.8 Å². The molecule has 0 saturated carbocycles. The fourth-order valence-corrected chi connectivity index (χ4v) is 5.83. The number of nitrogens with one attached hydrogen (secondary N) is 2. The third kappa shape index (κ3) is 5.33. The maximum atomic E-state index is 13.1. The van der Waals surface area contributed by atoms with Crippen LogP contribution in [0.25, 0.3) is 0 Å². The largest absolute Gasteiger partial charge is 0.345 e. The molecule has 1 amide bonds. The predicted molar refractivity (Wildman–Crippen MR) is 137 cm³/mol. The van der Waals surface area contributed by atoms with Crippen LogP contribution in [0.3, 0.4) is 0 Å². The number of rotatable bonds is 7. The molecule has 3 aromatic rings. The molecule has 3 aromatic carbocycles. The van der Waals surface area contributed by atoms with Crippen molar-refractivity contribution in [1.29, 1.82) is 0 Å². The van der Waals surface area contributed by atoms with Crippen molar-refractivity contribution in [3.05, 3.63) is 94.0 Å². The lowest BCUT2D eigenvalue weighted by atomic mass is 9.88. The molecule has 178 valence electrons. The Morgan fingerprint density at radius 2 is 1.62 bits per heavy atom. The van der Waals surface area contributed by atoms with E-state index in [9.17, 15) is 13.2 Å². The molecule has 0 bridgehead atoms. The van der Waals surface area contributed by atoms with Crippen molar-refractivity contribution in [2.24, 2.45) is 0 Å². The van der Waals surface area contributed by atoms with E-state index in [0.29, 0.717) is 16.8 Å². The molecule has 2 N–H and O–H groups in total. The third-order valence-electron chi connectivity index (χ3n) is 6.53. The van der Waals surface area contributed by atoms with E-state index in [1.807, 2.05) is 26.0 Å². The van der Waals surface area contributed by atoms with Gasteiger partial charge in [-0.3, -0.25) is 9.52 Å². The first-order chi connectivity index (χ1) is 16.3. The van der Waals surface area contributed by atoms with Crippen LogP contribution in [0.1, 0.15) is 70.4 Å². The van der Waals surface area contributed by atoms with Crippen molar-refractivity contribution in [2.75, 3.05) is 4.72 Å². The molecule has 0 radical (unpaired) electrons. The van der Waals surface area contributed by atoms with Crippen LogP contribution in [-0.2, 0) is 22.9 Å². The Kier molecular flexibility index (Phi) is 7.08. The molecule has 0 fully saturated rings. The molecule has 6 heteroatoms. The van der Waals surface area contributed by atoms with Gasteiger partial charge in [-0.1, -0.05) is 48.9 Å². The average molecular weight is 477 g/mol. The smallest absolute Gasteiger partial charge is 0.262 e. The zero-order valence-corrected chi connectivity index (χ0v) is 20.8. The van der Waals surface area contributed by atoms with Gasteiger partial charge in [-0.2, -0.15) is 0 Å². The first-order valence-corrected chi connectivity index (χ1v) is 13.4. The lowest BCUT2D eigenvalue weighted by molar-refractivity contribution is 0.0935. The summed E-state index contributed by atoms with van der Waals surface area (Å²) in [5.41, 5.74) is 6.31. The first kappa shape index (κ1) is 24.0. The average Bonchev–Trinajstić information content (AvgIpc) is 2.83. The molecule has 1 unspecified atom stereocenters. The number of hydrogen-bond acceptors (Lipinski definition) is 3. The van der Waals surface area contributed by atoms with Crippen molar-refractivity contribution in [2.45, 2.75) is 63.8 Å². The first-order valence-electron chi connectivity index (χ1n) is 11.9. The van der Waals surface area contributed by atoms with E-state index in [1.54, 1.807) is 31.2 Å². The molecule has 0 spiro atoms. The van der Waals surface area contributed by atoms with Gasteiger partial charge in [0.05, 0.1) is 10.9 Å². The van der Waals surface area contributed by atoms with Crippen molar-refractivity contribution in [3.63, 3.8) is 0 Å². The number of carbonyl (C=O) groups is 1. The number of fused-ring (bicyclic) bond motifs is 1. The molecule has 0 aliphatic heterocycles. The molecule has 4 rings (SSSR count). The SMILES string of the molecule is CCC(NC(=O)c1ccc(C)c(S(=O)(=O)Nc2ccc(C)cc2)c1)c1ccc2c(c1)CCCC2. The number of anilines is 1. The van der Waals surface area contributed by atoms with Gasteiger partial charge in [-0.05, 0) is 92.5 Å². The Bertz CT molecular complexity index is 1300. The second kappa shape index (κ2) is 10.0. The highest BCUT2D eigenvalue weighted by Crippen LogP contribution is 2.27. The summed E-state index contributed by atoms with van der Waals surface area (Å²) in [4.78, 5) is 13.2. The van der Waals surface area contributed by atoms with Crippen molar-refractivity contribution in [3.8, 4) is 0 Å². The van der Waals surface area contributed by atoms with E-state index in [1.165, 1.54) is 30.0 Å². The molecule has 5 nitrogen and oxygen atoms in total. The minimum atomic E-state index is -3.84. The fourth-order valence-electron chi connectivity index (χ4n) is 4.50. The van der Waals surface area contributed by atoms with E-state index in [0.717, 1.165) is 30.4 Å². The third-order valence-corrected chi connectivity index (χ3v) is 8.06. The molecular weight excluding hydrogens is 444 g/mol. The summed E-state index contributed by atoms with van der Waals surface area (Å²) in [6.45, 7) is 5.71. The van der Waals surface area contributed by atoms with Gasteiger partial charge >= 0.3 is 0 Å². The highest BCUT2D eigenvalue weighted by atomic mass is 32.2. The molecule has 34 heavy (non-hydrogen) atoms. The van der Waals surface area contributed by atoms with Crippen molar-refractivity contribution in [1.82, 2.24) is 5.32 Å². The van der Waals surface area contributed by atoms with Gasteiger partial charge in [-0.15, -0.1) is 0 Å². The highest BCUT2D eigenvalue weighted by Gasteiger charge is 2.21. The summed E-state index contributed by atoms with van der Waals surface area (Å²) >= 11 is 0. The van der Waals surface area contributed by atoms with Crippen LogP contribution in [0.15, 0.2) is 65.6 Å². The van der Waals surface area contributed by atoms with Crippen molar-refractivity contribution < 1.29 is 13.2 Å². The van der Waals surface area contributed by atoms with Crippen LogP contribution in [0.5, 0.6) is 0 Å². The second-order valence-corrected chi connectivity index (χ2v) is 10.8. The summed E-state index contributed by atoms with van der Waals surface area (Å²) in [5, 5.41) is 3.11. The molecule has 1 aliphatic carbocycles. The van der Waals surface area contributed by atoms with Gasteiger partial charge < -0.3 is 5.32 Å². The number of benzene rings is 3. The van der Waals surface area contributed by atoms with E-state index in [4.69, 9.17) is 0 Å². The Balaban J connectivity index is 1.55. The standard InChI is InChI=1S/C28H32N2O3S/c1-4-26(23-14-13-21-7-5-6-8-22(21)17-23)29-28(31)24-12-11-20(3)27(18-24)34(32,33)30-25-15-9-19(2)10-16-25/h9-18,26,30H,4-8H2,1-3H3,(H,29,31). The van der Waals surface area contributed by atoms with E-state index < -0.39 is 10.0 Å². The van der Waals surface area contributed by atoms with Gasteiger partial charge in [0, 0.05) is 11.3 Å². The van der Waals surface area contributed by atoms with Gasteiger partial charge in [0.15, 0.2) is 0 Å². The predicted octanol–water partition coefficient (Wildman–Crippen LogP) is 5.86. The monoisotopic (exact) mass is 476 g/mol. The maximum absolute atomic E-state index is 13.1. The lowest BCUT2D eigenvalue weighted by Gasteiger charge is -2.22. The van der Waals surface area contributed by atoms with E-state index >= 15 is 0 Å². The van der Waals surface area contributed by atoms with Gasteiger partial charge in [-0.25, -0.2) is 8.42 Å². The molecular formula is C28H32N2O3S. The summed E-state index contributed by atoms with van der Waals surface area (Å²) in [5.74, 6) is -0.281. The highest BCUT2D eigenvalue weighted by molar-refractivity contribution is 7.92. The summed E-state index contributed by atoms with van der Waals surface area (Å²) in [7, 11) is -3.84. The van der Waals surface area contributed by atoms with Gasteiger partial charge in [0.2, 0.25) is 0 Å². The van der Waals surface area contributed by atoms with Crippen LogP contribution < -0.4 is 10.0 Å². The van der Waals surface area contributed by atoms with Gasteiger partial charge in [0.25, 0.3) is 15.9 Å². The summed E-state index contributed by atoms with van der Waals surface area (Å²) < 4.78 is 28.8. The van der Waals surface area contributed by atoms with Crippen LogP contribution in [0.2, 0.25) is 0 Å². The Labute approximate surface area is 202 Å². The van der Waals surface area contributed by atoms with Crippen LogP contribution in [0.4, 0.5) is 5.69 Å². The molecule has 0 aromatic heterocycles. The van der Waals surface area contributed by atoms with Crippen LogP contribution >= 0.6 is 0 Å². The second-order valence-electron chi connectivity index (χ2n) is 9.12. The Hall–Kier alpha value is -3.12. The summed E-state index contributed by atoms with van der Waals surface area (Å²) in [6.07, 6.45) is 5.39. The van der Waals surface area contributed by atoms with Crippen molar-refractivity contribution >= 4 is 21.6 Å². The van der Waals surface area contributed by atoms with Crippen LogP contribution in [0, 0.1) is 13.8 Å². The van der Waals surface area contributed by atoms with E-state index in [2.05, 4.69) is 28.2 Å². The number of sulfonamides is 1. The number of hydrogen-bond donors (Lipinski definition) is 2. The molecule has 1 aliphatic rings. The maximum Gasteiger partial charge on any atom is 0.262 e. The summed E-state index contributed by atoms with van der Waals surface area (Å²) in [6, 6.07) is 18.3. The normalized spacial score (nSPS) is 14.2. The Morgan fingerprint density at radius 3 is 2.32 bits per heavy atom. The minimum absolute atomic E-state index is 0.0996. The van der Waals surface area contributed by atoms with Gasteiger partial charge in [0.1, 0.15) is 0 Å². The topological polar surface area (TPSA) is 75.3 Å². The zero-order valence-electron chi connectivity index (χ0n) is 20.0. The minimum Gasteiger partial charge on any atom is -0.345 e. The quantitative estimate of drug-likeness (QED) is 0.448. The van der Waals surface area contributed by atoms with Crippen LogP contribution in [-0.4, -0.2) is 14.3 Å². The zero-order chi connectivity index (χ0) is 24.3. The number of amides is 1. The molecule has 0 heterocycles.